The van der Waals surface area contributed by atoms with Crippen molar-refractivity contribution in [2.75, 3.05) is 11.5 Å². The van der Waals surface area contributed by atoms with E-state index in [0.29, 0.717) is 5.69 Å². The van der Waals surface area contributed by atoms with Crippen LogP contribution in [0.15, 0.2) is 52.2 Å². The lowest BCUT2D eigenvalue weighted by Crippen LogP contribution is -2.40. The predicted octanol–water partition coefficient (Wildman–Crippen LogP) is 0.521. The molecule has 0 saturated heterocycles. The molecule has 0 spiro atoms. The van der Waals surface area contributed by atoms with Gasteiger partial charge < -0.3 is 9.64 Å². The van der Waals surface area contributed by atoms with Crippen LogP contribution in [0.25, 0.3) is 0 Å². The number of para-hydroxylation sites is 1. The highest BCUT2D eigenvalue weighted by molar-refractivity contribution is 5.95. The van der Waals surface area contributed by atoms with Crippen molar-refractivity contribution < 1.29 is 14.3 Å². The van der Waals surface area contributed by atoms with Crippen LogP contribution >= 0.6 is 0 Å². The molecule has 1 N–H and O–H groups in total. The molecule has 0 bridgehead atoms. The van der Waals surface area contributed by atoms with Crippen LogP contribution in [-0.4, -0.2) is 34.1 Å². The van der Waals surface area contributed by atoms with Crippen LogP contribution < -0.4 is 16.1 Å². The summed E-state index contributed by atoms with van der Waals surface area (Å²) >= 11 is 0. The Hall–Kier alpha value is -3.16. The molecule has 1 aromatic carbocycles. The smallest absolute Gasteiger partial charge is 0.328 e. The number of anilines is 1. The average Bonchev–Trinajstić information content (AvgIpc) is 2.56. The molecule has 0 saturated carbocycles. The van der Waals surface area contributed by atoms with E-state index in [9.17, 15) is 19.2 Å². The zero-order valence-electron chi connectivity index (χ0n) is 14.0. The van der Waals surface area contributed by atoms with Gasteiger partial charge in [-0.2, -0.15) is 0 Å². The molecule has 1 heterocycles. The van der Waals surface area contributed by atoms with Crippen molar-refractivity contribution in [3.05, 3.63) is 63.4 Å². The molecule has 2 aromatic rings. The Kier molecular flexibility index (Phi) is 5.89. The maximum atomic E-state index is 12.4. The van der Waals surface area contributed by atoms with Crippen molar-refractivity contribution in [2.24, 2.45) is 0 Å². The zero-order valence-corrected chi connectivity index (χ0v) is 14.0. The van der Waals surface area contributed by atoms with Gasteiger partial charge in [-0.15, -0.1) is 0 Å². The number of aromatic nitrogens is 2. The van der Waals surface area contributed by atoms with Crippen molar-refractivity contribution in [1.82, 2.24) is 9.55 Å². The molecule has 0 aliphatic rings. The molecule has 1 amide bonds. The minimum atomic E-state index is -0.751. The summed E-state index contributed by atoms with van der Waals surface area (Å²) in [6.45, 7) is 2.87. The molecule has 132 valence electrons. The number of aromatic amines is 1. The van der Waals surface area contributed by atoms with Crippen molar-refractivity contribution in [3.63, 3.8) is 0 Å². The summed E-state index contributed by atoms with van der Waals surface area (Å²) < 4.78 is 5.96. The van der Waals surface area contributed by atoms with Crippen LogP contribution in [0.3, 0.4) is 0 Å². The van der Waals surface area contributed by atoms with E-state index in [1.165, 1.54) is 11.1 Å². The fourth-order valence-electron chi connectivity index (χ4n) is 2.28. The number of rotatable bonds is 6. The minimum absolute atomic E-state index is 0.115. The van der Waals surface area contributed by atoms with Gasteiger partial charge in [0.15, 0.2) is 6.61 Å². The lowest BCUT2D eigenvalue weighted by molar-refractivity contribution is -0.148. The second-order valence-corrected chi connectivity index (χ2v) is 5.59. The molecule has 1 aromatic heterocycles. The SMILES string of the molecule is CC(C)N(C(=O)COC(=O)Cn1ccc(=O)[nH]c1=O)c1ccccc1. The number of nitrogens with zero attached hydrogens (tertiary/aromatic N) is 2. The van der Waals surface area contributed by atoms with E-state index >= 15 is 0 Å². The third-order valence-corrected chi connectivity index (χ3v) is 3.37. The maximum absolute atomic E-state index is 12.4. The van der Waals surface area contributed by atoms with Crippen molar-refractivity contribution in [1.29, 1.82) is 0 Å². The zero-order chi connectivity index (χ0) is 18.4. The first kappa shape index (κ1) is 18.2. The van der Waals surface area contributed by atoms with Gasteiger partial charge >= 0.3 is 11.7 Å². The highest BCUT2D eigenvalue weighted by Gasteiger charge is 2.20. The number of amides is 1. The standard InChI is InChI=1S/C17H19N3O5/c1-12(2)20(13-6-4-3-5-7-13)15(22)11-25-16(23)10-19-9-8-14(21)18-17(19)24/h3-9,12H,10-11H2,1-2H3,(H,18,21,24). The maximum Gasteiger partial charge on any atom is 0.328 e. The molecule has 0 fully saturated rings. The molecule has 0 radical (unpaired) electrons. The van der Waals surface area contributed by atoms with E-state index in [0.717, 1.165) is 10.6 Å². The number of H-pyrrole nitrogens is 1. The first-order chi connectivity index (χ1) is 11.9. The van der Waals surface area contributed by atoms with Gasteiger partial charge in [-0.3, -0.25) is 23.9 Å². The van der Waals surface area contributed by atoms with Crippen LogP contribution in [0.5, 0.6) is 0 Å². The highest BCUT2D eigenvalue weighted by Crippen LogP contribution is 2.16. The van der Waals surface area contributed by atoms with Gasteiger partial charge in [-0.25, -0.2) is 4.79 Å². The van der Waals surface area contributed by atoms with Crippen molar-refractivity contribution >= 4 is 17.6 Å². The Bertz CT molecular complexity index is 854. The lowest BCUT2D eigenvalue weighted by atomic mass is 10.2. The Morgan fingerprint density at radius 2 is 1.84 bits per heavy atom. The summed E-state index contributed by atoms with van der Waals surface area (Å²) in [6, 6.07) is 10.1. The van der Waals surface area contributed by atoms with Crippen molar-refractivity contribution in [2.45, 2.75) is 26.4 Å². The van der Waals surface area contributed by atoms with E-state index in [4.69, 9.17) is 4.74 Å². The number of ether oxygens (including phenoxy) is 1. The second kappa shape index (κ2) is 8.09. The predicted molar refractivity (Wildman–Crippen MR) is 91.3 cm³/mol. The highest BCUT2D eigenvalue weighted by atomic mass is 16.5. The van der Waals surface area contributed by atoms with E-state index in [2.05, 4.69) is 0 Å². The van der Waals surface area contributed by atoms with Gasteiger partial charge in [0.25, 0.3) is 11.5 Å². The van der Waals surface area contributed by atoms with Gasteiger partial charge in [0, 0.05) is 24.0 Å². The number of esters is 1. The van der Waals surface area contributed by atoms with Crippen LogP contribution in [0.1, 0.15) is 13.8 Å². The summed E-state index contributed by atoms with van der Waals surface area (Å²) in [5.74, 6) is -1.12. The van der Waals surface area contributed by atoms with E-state index < -0.39 is 30.4 Å². The molecule has 0 unspecified atom stereocenters. The quantitative estimate of drug-likeness (QED) is 0.769. The van der Waals surface area contributed by atoms with Gasteiger partial charge in [-0.1, -0.05) is 18.2 Å². The van der Waals surface area contributed by atoms with Crippen LogP contribution in [0.2, 0.25) is 0 Å². The Labute approximate surface area is 143 Å². The first-order valence-electron chi connectivity index (χ1n) is 7.71. The molecule has 0 atom stereocenters. The van der Waals surface area contributed by atoms with Gasteiger partial charge in [0.1, 0.15) is 6.54 Å². The Morgan fingerprint density at radius 1 is 1.16 bits per heavy atom. The fourth-order valence-corrected chi connectivity index (χ4v) is 2.28. The average molecular weight is 345 g/mol. The fraction of sp³-hybridized carbons (Fsp3) is 0.294. The van der Waals surface area contributed by atoms with Crippen LogP contribution in [0.4, 0.5) is 5.69 Å². The molecule has 8 nitrogen and oxygen atoms in total. The van der Waals surface area contributed by atoms with Gasteiger partial charge in [0.05, 0.1) is 0 Å². The Morgan fingerprint density at radius 3 is 2.44 bits per heavy atom. The number of hydrogen-bond donors (Lipinski definition) is 1. The molecule has 25 heavy (non-hydrogen) atoms. The Balaban J connectivity index is 1.99. The molecular weight excluding hydrogens is 326 g/mol. The van der Waals surface area contributed by atoms with E-state index in [1.807, 2.05) is 37.0 Å². The normalized spacial score (nSPS) is 10.5. The third-order valence-electron chi connectivity index (χ3n) is 3.37. The summed E-state index contributed by atoms with van der Waals surface area (Å²) in [6.07, 6.45) is 1.19. The number of hydrogen-bond acceptors (Lipinski definition) is 5. The lowest BCUT2D eigenvalue weighted by Gasteiger charge is -2.26. The van der Waals surface area contributed by atoms with Crippen LogP contribution in [-0.2, 0) is 20.9 Å². The molecule has 8 heteroatoms. The summed E-state index contributed by atoms with van der Waals surface area (Å²) in [4.78, 5) is 50.3. The summed E-state index contributed by atoms with van der Waals surface area (Å²) in [5.41, 5.74) is -0.570. The number of benzene rings is 1. The summed E-state index contributed by atoms with van der Waals surface area (Å²) in [5, 5.41) is 0. The minimum Gasteiger partial charge on any atom is -0.454 e. The van der Waals surface area contributed by atoms with Gasteiger partial charge in [0.2, 0.25) is 0 Å². The number of nitrogens with one attached hydrogen (secondary N) is 1. The molecule has 2 rings (SSSR count). The second-order valence-electron chi connectivity index (χ2n) is 5.59. The molecule has 0 aliphatic carbocycles. The largest absolute Gasteiger partial charge is 0.454 e. The van der Waals surface area contributed by atoms with E-state index in [1.54, 1.807) is 12.1 Å². The molecular formula is C17H19N3O5. The number of carbonyl (C=O) groups excluding carboxylic acids is 2. The van der Waals surface area contributed by atoms with Gasteiger partial charge in [-0.05, 0) is 26.0 Å². The molecule has 0 aliphatic heterocycles. The first-order valence-corrected chi connectivity index (χ1v) is 7.71. The van der Waals surface area contributed by atoms with E-state index in [-0.39, 0.29) is 11.9 Å². The topological polar surface area (TPSA) is 101 Å². The monoisotopic (exact) mass is 345 g/mol. The van der Waals surface area contributed by atoms with Crippen LogP contribution in [0, 0.1) is 0 Å². The summed E-state index contributed by atoms with van der Waals surface area (Å²) in [7, 11) is 0. The third kappa shape index (κ3) is 4.90. The van der Waals surface area contributed by atoms with Crippen molar-refractivity contribution in [3.8, 4) is 0 Å². The number of carbonyl (C=O) groups is 2.